The lowest BCUT2D eigenvalue weighted by molar-refractivity contribution is -0.132. The molecule has 5 heteroatoms. The van der Waals surface area contributed by atoms with Gasteiger partial charge in [0.15, 0.2) is 0 Å². The van der Waals surface area contributed by atoms with Crippen LogP contribution in [0.1, 0.15) is 67.4 Å². The Labute approximate surface area is 148 Å². The third-order valence-corrected chi connectivity index (χ3v) is 5.66. The van der Waals surface area contributed by atoms with Crippen molar-refractivity contribution in [2.45, 2.75) is 57.8 Å². The number of carbonyl (C=O) groups is 1. The molecule has 1 aliphatic carbocycles. The van der Waals surface area contributed by atoms with Gasteiger partial charge in [-0.1, -0.05) is 6.92 Å². The van der Waals surface area contributed by atoms with Crippen LogP contribution in [0.3, 0.4) is 0 Å². The molecule has 1 saturated heterocycles. The second-order valence-corrected chi connectivity index (χ2v) is 7.78. The molecule has 1 aliphatic heterocycles. The summed E-state index contributed by atoms with van der Waals surface area (Å²) in [6.45, 7) is 5.92. The Kier molecular flexibility index (Phi) is 4.40. The maximum Gasteiger partial charge on any atom is 0.223 e. The summed E-state index contributed by atoms with van der Waals surface area (Å²) in [5.41, 5.74) is 2.17. The summed E-state index contributed by atoms with van der Waals surface area (Å²) in [5, 5.41) is 7.39. The van der Waals surface area contributed by atoms with E-state index >= 15 is 0 Å². The number of furan rings is 1. The van der Waals surface area contributed by atoms with Gasteiger partial charge in [0.05, 0.1) is 5.69 Å². The lowest BCUT2D eigenvalue weighted by Crippen LogP contribution is -2.39. The van der Waals surface area contributed by atoms with E-state index in [1.807, 2.05) is 17.9 Å². The Balaban J connectivity index is 1.30. The van der Waals surface area contributed by atoms with E-state index in [1.54, 1.807) is 0 Å². The predicted molar refractivity (Wildman–Crippen MR) is 95.4 cm³/mol. The molecule has 0 radical (unpaired) electrons. The van der Waals surface area contributed by atoms with E-state index in [1.165, 1.54) is 6.42 Å². The number of aromatic nitrogens is 2. The van der Waals surface area contributed by atoms with E-state index in [0.29, 0.717) is 24.7 Å². The van der Waals surface area contributed by atoms with Crippen LogP contribution in [-0.4, -0.2) is 34.1 Å². The zero-order valence-corrected chi connectivity index (χ0v) is 15.1. The zero-order chi connectivity index (χ0) is 17.4. The Morgan fingerprint density at radius 2 is 2.28 bits per heavy atom. The third-order valence-electron chi connectivity index (χ3n) is 5.66. The second kappa shape index (κ2) is 6.70. The van der Waals surface area contributed by atoms with Crippen molar-refractivity contribution in [1.82, 2.24) is 15.1 Å². The van der Waals surface area contributed by atoms with Gasteiger partial charge in [-0.25, -0.2) is 0 Å². The molecule has 3 atom stereocenters. The number of H-pyrrole nitrogens is 1. The maximum atomic E-state index is 12.6. The van der Waals surface area contributed by atoms with Crippen molar-refractivity contribution in [3.8, 4) is 0 Å². The molecule has 2 aromatic rings. The number of nitrogens with one attached hydrogen (secondary N) is 1. The van der Waals surface area contributed by atoms with Crippen LogP contribution < -0.4 is 0 Å². The van der Waals surface area contributed by atoms with E-state index in [-0.39, 0.29) is 5.91 Å². The lowest BCUT2D eigenvalue weighted by Gasteiger charge is -2.32. The van der Waals surface area contributed by atoms with Gasteiger partial charge < -0.3 is 9.32 Å². The first kappa shape index (κ1) is 16.4. The zero-order valence-electron chi connectivity index (χ0n) is 15.1. The first-order valence-corrected chi connectivity index (χ1v) is 9.48. The van der Waals surface area contributed by atoms with Gasteiger partial charge in [-0.3, -0.25) is 9.89 Å². The van der Waals surface area contributed by atoms with Crippen LogP contribution in [0, 0.1) is 12.8 Å². The van der Waals surface area contributed by atoms with Gasteiger partial charge in [-0.2, -0.15) is 5.10 Å². The minimum atomic E-state index is 0.231. The molecule has 2 aliphatic rings. The summed E-state index contributed by atoms with van der Waals surface area (Å²) in [4.78, 5) is 14.6. The molecule has 0 bridgehead atoms. The second-order valence-electron chi connectivity index (χ2n) is 7.78. The van der Waals surface area contributed by atoms with Crippen LogP contribution >= 0.6 is 0 Å². The molecule has 134 valence electrons. The number of hydrogen-bond acceptors (Lipinski definition) is 3. The first-order valence-electron chi connectivity index (χ1n) is 9.48. The van der Waals surface area contributed by atoms with E-state index in [2.05, 4.69) is 29.3 Å². The lowest BCUT2D eigenvalue weighted by atomic mass is 9.94. The molecule has 5 nitrogen and oxygen atoms in total. The van der Waals surface area contributed by atoms with E-state index in [0.717, 1.165) is 54.8 Å². The van der Waals surface area contributed by atoms with Crippen LogP contribution in [-0.2, 0) is 11.2 Å². The molecule has 4 rings (SSSR count). The predicted octanol–water partition coefficient (Wildman–Crippen LogP) is 3.77. The number of piperidine rings is 1. The van der Waals surface area contributed by atoms with Gasteiger partial charge in [0.2, 0.25) is 5.91 Å². The van der Waals surface area contributed by atoms with Crippen LogP contribution in [0.2, 0.25) is 0 Å². The summed E-state index contributed by atoms with van der Waals surface area (Å²) >= 11 is 0. The highest BCUT2D eigenvalue weighted by molar-refractivity contribution is 5.76. The number of aryl methyl sites for hydroxylation is 2. The number of hydrogen-bond donors (Lipinski definition) is 1. The standard InChI is InChI=1S/C20H27N3O2/c1-13-10-17(13)19-7-5-16(25-19)6-8-20(24)23-9-3-4-15(12-23)18-11-14(2)21-22-18/h5,7,11,13,15,17H,3-4,6,8-10,12H2,1-2H3,(H,21,22). The number of likely N-dealkylation sites (tertiary alicyclic amines) is 1. The highest BCUT2D eigenvalue weighted by Gasteiger charge is 2.36. The quantitative estimate of drug-likeness (QED) is 0.900. The Morgan fingerprint density at radius 3 is 3.00 bits per heavy atom. The van der Waals surface area contributed by atoms with Crippen molar-refractivity contribution in [2.75, 3.05) is 13.1 Å². The van der Waals surface area contributed by atoms with E-state index in [4.69, 9.17) is 4.42 Å². The Bertz CT molecular complexity index is 748. The van der Waals surface area contributed by atoms with Gasteiger partial charge >= 0.3 is 0 Å². The summed E-state index contributed by atoms with van der Waals surface area (Å²) in [6, 6.07) is 6.23. The first-order chi connectivity index (χ1) is 12.1. The SMILES string of the molecule is Cc1cc(C2CCCN(C(=O)CCc3ccc(C4CC4C)o3)C2)n[nH]1. The topological polar surface area (TPSA) is 62.1 Å². The Morgan fingerprint density at radius 1 is 1.44 bits per heavy atom. The average molecular weight is 341 g/mol. The fourth-order valence-corrected chi connectivity index (χ4v) is 3.93. The molecule has 0 spiro atoms. The van der Waals surface area contributed by atoms with Crippen LogP contribution in [0.4, 0.5) is 0 Å². The molecule has 1 saturated carbocycles. The Hall–Kier alpha value is -2.04. The number of carbonyl (C=O) groups excluding carboxylic acids is 1. The maximum absolute atomic E-state index is 12.6. The molecule has 1 amide bonds. The summed E-state index contributed by atoms with van der Waals surface area (Å²) in [6.07, 6.45) is 4.61. The summed E-state index contributed by atoms with van der Waals surface area (Å²) in [5.74, 6) is 3.98. The highest BCUT2D eigenvalue weighted by atomic mass is 16.3. The van der Waals surface area contributed by atoms with Gasteiger partial charge in [0.25, 0.3) is 0 Å². The third kappa shape index (κ3) is 3.65. The summed E-state index contributed by atoms with van der Waals surface area (Å²) < 4.78 is 5.92. The van der Waals surface area contributed by atoms with Gasteiger partial charge in [0.1, 0.15) is 11.5 Å². The van der Waals surface area contributed by atoms with Crippen molar-refractivity contribution in [3.05, 3.63) is 41.1 Å². The minimum absolute atomic E-state index is 0.231. The number of amides is 1. The normalized spacial score (nSPS) is 26.0. The smallest absolute Gasteiger partial charge is 0.223 e. The fourth-order valence-electron chi connectivity index (χ4n) is 3.93. The number of rotatable bonds is 5. The van der Waals surface area contributed by atoms with E-state index in [9.17, 15) is 4.79 Å². The largest absolute Gasteiger partial charge is 0.466 e. The molecule has 0 aromatic carbocycles. The van der Waals surface area contributed by atoms with Gasteiger partial charge in [0, 0.05) is 43.5 Å². The minimum Gasteiger partial charge on any atom is -0.466 e. The van der Waals surface area contributed by atoms with Crippen LogP contribution in [0.25, 0.3) is 0 Å². The van der Waals surface area contributed by atoms with Crippen LogP contribution in [0.5, 0.6) is 0 Å². The van der Waals surface area contributed by atoms with Crippen molar-refractivity contribution < 1.29 is 9.21 Å². The fraction of sp³-hybridized carbons (Fsp3) is 0.600. The number of aromatic amines is 1. The molecule has 2 aromatic heterocycles. The number of nitrogens with zero attached hydrogens (tertiary/aromatic N) is 2. The molecule has 3 heterocycles. The summed E-state index contributed by atoms with van der Waals surface area (Å²) in [7, 11) is 0. The van der Waals surface area contributed by atoms with E-state index < -0.39 is 0 Å². The van der Waals surface area contributed by atoms with Gasteiger partial charge in [-0.15, -0.1) is 0 Å². The van der Waals surface area contributed by atoms with Crippen molar-refractivity contribution >= 4 is 5.91 Å². The molecule has 1 N–H and O–H groups in total. The van der Waals surface area contributed by atoms with Crippen molar-refractivity contribution in [3.63, 3.8) is 0 Å². The van der Waals surface area contributed by atoms with Crippen molar-refractivity contribution in [1.29, 1.82) is 0 Å². The molecular weight excluding hydrogens is 314 g/mol. The molecular formula is C20H27N3O2. The highest BCUT2D eigenvalue weighted by Crippen LogP contribution is 2.47. The van der Waals surface area contributed by atoms with Gasteiger partial charge in [-0.05, 0) is 50.3 Å². The monoisotopic (exact) mass is 341 g/mol. The molecule has 2 fully saturated rings. The molecule has 25 heavy (non-hydrogen) atoms. The van der Waals surface area contributed by atoms with Crippen LogP contribution in [0.15, 0.2) is 22.6 Å². The average Bonchev–Trinajstić information content (AvgIpc) is 3.02. The molecule has 3 unspecified atom stereocenters. The van der Waals surface area contributed by atoms with Crippen molar-refractivity contribution in [2.24, 2.45) is 5.92 Å².